The number of nitrogens with zero attached hydrogens (tertiary/aromatic N) is 1. The smallest absolute Gasteiger partial charge is 0.320 e. The SMILES string of the molecule is CC(C)C[C@H](NCCCCC/C=C\C/C=C\CCCCCCCCC(O)(CC(=O)[O-])C[N+](C)(C)C)C(=O)O. The van der Waals surface area contributed by atoms with Crippen molar-refractivity contribution in [2.45, 2.75) is 122 Å². The first-order chi connectivity index (χ1) is 17.8. The molecule has 0 saturated carbocycles. The van der Waals surface area contributed by atoms with Gasteiger partial charge in [-0.2, -0.15) is 0 Å². The number of quaternary nitrogens is 1. The molecule has 0 aromatic carbocycles. The number of likely N-dealkylation sites (N-methyl/N-ethyl adjacent to an activating group) is 1. The van der Waals surface area contributed by atoms with Crippen LogP contribution in [0, 0.1) is 5.92 Å². The van der Waals surface area contributed by atoms with Gasteiger partial charge in [-0.3, -0.25) is 4.79 Å². The number of carbonyl (C=O) groups is 2. The summed E-state index contributed by atoms with van der Waals surface area (Å²) in [5, 5.41) is 34.2. The van der Waals surface area contributed by atoms with Gasteiger partial charge in [0.1, 0.15) is 18.2 Å². The molecule has 3 N–H and O–H groups in total. The Morgan fingerprint density at radius 1 is 0.868 bits per heavy atom. The van der Waals surface area contributed by atoms with Gasteiger partial charge in [-0.25, -0.2) is 0 Å². The second-order valence-corrected chi connectivity index (χ2v) is 12.4. The number of carboxylic acids is 2. The number of nitrogens with one attached hydrogen (secondary N) is 1. The fraction of sp³-hybridized carbons (Fsp3) is 0.806. The van der Waals surface area contributed by atoms with Gasteiger partial charge in [0.2, 0.25) is 0 Å². The third kappa shape index (κ3) is 23.4. The summed E-state index contributed by atoms with van der Waals surface area (Å²) in [7, 11) is 5.88. The average Bonchev–Trinajstić information content (AvgIpc) is 2.77. The van der Waals surface area contributed by atoms with E-state index in [1.165, 1.54) is 19.3 Å². The number of rotatable bonds is 25. The summed E-state index contributed by atoms with van der Waals surface area (Å²) in [6, 6.07) is -0.428. The van der Waals surface area contributed by atoms with Crippen LogP contribution in [-0.2, 0) is 9.59 Å². The van der Waals surface area contributed by atoms with E-state index in [4.69, 9.17) is 0 Å². The number of aliphatic carboxylic acids is 2. The van der Waals surface area contributed by atoms with Crippen LogP contribution in [0.1, 0.15) is 110 Å². The van der Waals surface area contributed by atoms with Gasteiger partial charge >= 0.3 is 5.97 Å². The molecule has 7 nitrogen and oxygen atoms in total. The minimum absolute atomic E-state index is 0.295. The summed E-state index contributed by atoms with van der Waals surface area (Å²) >= 11 is 0. The lowest BCUT2D eigenvalue weighted by atomic mass is 9.91. The second-order valence-electron chi connectivity index (χ2n) is 12.4. The van der Waals surface area contributed by atoms with Crippen LogP contribution < -0.4 is 10.4 Å². The Morgan fingerprint density at radius 3 is 1.89 bits per heavy atom. The molecule has 0 fully saturated rings. The molecule has 0 aromatic heterocycles. The van der Waals surface area contributed by atoms with Gasteiger partial charge in [0.25, 0.3) is 0 Å². The first-order valence-electron chi connectivity index (χ1n) is 14.8. The number of hydrogen-bond acceptors (Lipinski definition) is 5. The number of unbranched alkanes of at least 4 members (excludes halogenated alkanes) is 9. The molecule has 0 amide bonds. The summed E-state index contributed by atoms with van der Waals surface area (Å²) in [6.07, 6.45) is 22.8. The molecule has 0 saturated heterocycles. The van der Waals surface area contributed by atoms with Crippen LogP contribution in [0.4, 0.5) is 0 Å². The predicted molar refractivity (Wildman–Crippen MR) is 155 cm³/mol. The first-order valence-corrected chi connectivity index (χ1v) is 14.8. The summed E-state index contributed by atoms with van der Waals surface area (Å²) < 4.78 is 0.529. The van der Waals surface area contributed by atoms with Crippen molar-refractivity contribution in [2.24, 2.45) is 5.92 Å². The summed E-state index contributed by atoms with van der Waals surface area (Å²) in [5.41, 5.74) is -1.19. The van der Waals surface area contributed by atoms with Gasteiger partial charge in [-0.05, 0) is 63.8 Å². The summed E-state index contributed by atoms with van der Waals surface area (Å²) in [4.78, 5) is 22.3. The highest BCUT2D eigenvalue weighted by Crippen LogP contribution is 2.22. The monoisotopic (exact) mass is 538 g/mol. The quantitative estimate of drug-likeness (QED) is 0.0872. The molecule has 0 spiro atoms. The lowest BCUT2D eigenvalue weighted by Crippen LogP contribution is -2.51. The highest BCUT2D eigenvalue weighted by atomic mass is 16.4. The molecule has 7 heteroatoms. The van der Waals surface area contributed by atoms with Gasteiger partial charge in [0.15, 0.2) is 0 Å². The van der Waals surface area contributed by atoms with Crippen LogP contribution in [0.25, 0.3) is 0 Å². The van der Waals surface area contributed by atoms with Crippen molar-refractivity contribution in [1.82, 2.24) is 5.32 Å². The predicted octanol–water partition coefficient (Wildman–Crippen LogP) is 4.84. The molecular weight excluding hydrogens is 480 g/mol. The normalized spacial score (nSPS) is 14.9. The van der Waals surface area contributed by atoms with Gasteiger partial charge in [-0.1, -0.05) is 76.7 Å². The molecular formula is C31H58N2O5. The molecule has 0 radical (unpaired) electrons. The van der Waals surface area contributed by atoms with Gasteiger partial charge in [-0.15, -0.1) is 0 Å². The minimum Gasteiger partial charge on any atom is -0.550 e. The van der Waals surface area contributed by atoms with Crippen molar-refractivity contribution in [3.63, 3.8) is 0 Å². The second kappa shape index (κ2) is 21.2. The molecule has 0 rings (SSSR count). The van der Waals surface area contributed by atoms with E-state index in [0.29, 0.717) is 29.8 Å². The van der Waals surface area contributed by atoms with E-state index in [0.717, 1.165) is 64.3 Å². The van der Waals surface area contributed by atoms with Crippen molar-refractivity contribution in [3.05, 3.63) is 24.3 Å². The molecule has 0 bridgehead atoms. The summed E-state index contributed by atoms with van der Waals surface area (Å²) in [6.45, 7) is 5.27. The third-order valence-electron chi connectivity index (χ3n) is 6.55. The molecule has 0 heterocycles. The van der Waals surface area contributed by atoms with Crippen molar-refractivity contribution in [1.29, 1.82) is 0 Å². The zero-order valence-corrected chi connectivity index (χ0v) is 25.1. The highest BCUT2D eigenvalue weighted by molar-refractivity contribution is 5.73. The number of allylic oxidation sites excluding steroid dienone is 4. The van der Waals surface area contributed by atoms with E-state index in [9.17, 15) is 24.9 Å². The number of aliphatic hydroxyl groups is 1. The van der Waals surface area contributed by atoms with Crippen molar-refractivity contribution >= 4 is 11.9 Å². The van der Waals surface area contributed by atoms with Crippen molar-refractivity contribution < 1.29 is 29.4 Å². The van der Waals surface area contributed by atoms with Crippen LogP contribution in [0.2, 0.25) is 0 Å². The summed E-state index contributed by atoms with van der Waals surface area (Å²) in [5.74, 6) is -1.55. The third-order valence-corrected chi connectivity index (χ3v) is 6.55. The Morgan fingerprint density at radius 2 is 1.39 bits per heavy atom. The maximum absolute atomic E-state index is 11.2. The number of carbonyl (C=O) groups excluding carboxylic acids is 1. The molecule has 0 aliphatic carbocycles. The molecule has 0 aliphatic heterocycles. The maximum atomic E-state index is 11.2. The Kier molecular flexibility index (Phi) is 20.2. The van der Waals surface area contributed by atoms with Gasteiger partial charge in [0, 0.05) is 12.4 Å². The first kappa shape index (κ1) is 36.3. The average molecular weight is 539 g/mol. The molecule has 0 aromatic rings. The minimum atomic E-state index is -1.19. The Hall–Kier alpha value is -1.70. The highest BCUT2D eigenvalue weighted by Gasteiger charge is 2.33. The van der Waals surface area contributed by atoms with Gasteiger partial charge in [0.05, 0.1) is 21.1 Å². The Balaban J connectivity index is 3.70. The van der Waals surface area contributed by atoms with Crippen LogP contribution in [0.5, 0.6) is 0 Å². The van der Waals surface area contributed by atoms with E-state index >= 15 is 0 Å². The number of carboxylic acid groups (broad SMARTS) is 2. The molecule has 0 aliphatic rings. The van der Waals surface area contributed by atoms with E-state index in [2.05, 4.69) is 29.6 Å². The zero-order chi connectivity index (χ0) is 28.9. The van der Waals surface area contributed by atoms with E-state index in [1.807, 2.05) is 35.0 Å². The van der Waals surface area contributed by atoms with E-state index in [-0.39, 0.29) is 6.42 Å². The van der Waals surface area contributed by atoms with E-state index in [1.54, 1.807) is 0 Å². The number of hydrogen-bond donors (Lipinski definition) is 3. The maximum Gasteiger partial charge on any atom is 0.320 e. The molecule has 38 heavy (non-hydrogen) atoms. The largest absolute Gasteiger partial charge is 0.550 e. The van der Waals surface area contributed by atoms with E-state index < -0.39 is 23.6 Å². The van der Waals surface area contributed by atoms with Crippen molar-refractivity contribution in [2.75, 3.05) is 34.2 Å². The Bertz CT molecular complexity index is 684. The Labute approximate surface area is 233 Å². The van der Waals surface area contributed by atoms with Crippen LogP contribution in [0.15, 0.2) is 24.3 Å². The topological polar surface area (TPSA) is 110 Å². The van der Waals surface area contributed by atoms with Crippen LogP contribution in [-0.4, -0.2) is 72.5 Å². The fourth-order valence-corrected chi connectivity index (χ4v) is 4.89. The molecule has 1 unspecified atom stereocenters. The van der Waals surface area contributed by atoms with Crippen LogP contribution in [0.3, 0.4) is 0 Å². The zero-order valence-electron chi connectivity index (χ0n) is 25.1. The lowest BCUT2D eigenvalue weighted by molar-refractivity contribution is -0.877. The standard InChI is InChI=1S/C31H58N2O5/c1-27(2)24-28(30(36)37)32-23-21-19-17-15-13-11-9-7-6-8-10-12-14-16-18-20-22-31(38,25-29(34)35)26-33(3,4)5/h6-7,11,13,27-28,32,38H,8-10,12,14-26H2,1-5H3,(H-,34,35,36,37)/b7-6-,13-11-/t28-,31?/m0/s1. The molecule has 222 valence electrons. The van der Waals surface area contributed by atoms with Crippen molar-refractivity contribution in [3.8, 4) is 0 Å². The van der Waals surface area contributed by atoms with Crippen LogP contribution >= 0.6 is 0 Å². The van der Waals surface area contributed by atoms with Gasteiger partial charge < -0.3 is 29.9 Å². The fourth-order valence-electron chi connectivity index (χ4n) is 4.89. The molecule has 2 atom stereocenters. The lowest BCUT2D eigenvalue weighted by Gasteiger charge is -2.36.